The predicted molar refractivity (Wildman–Crippen MR) is 105 cm³/mol. The molecule has 1 aromatic heterocycles. The van der Waals surface area contributed by atoms with Gasteiger partial charge in [-0.1, -0.05) is 48.2 Å². The molecule has 0 atom stereocenters. The Morgan fingerprint density at radius 3 is 2.42 bits per heavy atom. The van der Waals surface area contributed by atoms with Gasteiger partial charge in [0.15, 0.2) is 11.0 Å². The van der Waals surface area contributed by atoms with Gasteiger partial charge in [0.05, 0.1) is 12.3 Å². The standard InChI is InChI=1S/C19H21N5OS/c1-13-7-6-8-14(2)18(13)21-11-17-22-23-19(26-12-16(20)25)24(17)15-9-4-3-5-10-15/h3-10,21H,11-12H2,1-2H3,(H2,20,25). The maximum Gasteiger partial charge on any atom is 0.227 e. The van der Waals surface area contributed by atoms with Crippen molar-refractivity contribution in [3.63, 3.8) is 0 Å². The summed E-state index contributed by atoms with van der Waals surface area (Å²) < 4.78 is 1.95. The van der Waals surface area contributed by atoms with Crippen LogP contribution >= 0.6 is 11.8 Å². The van der Waals surface area contributed by atoms with Gasteiger partial charge in [0.1, 0.15) is 0 Å². The van der Waals surface area contributed by atoms with Gasteiger partial charge >= 0.3 is 0 Å². The molecule has 0 aliphatic heterocycles. The normalized spacial score (nSPS) is 10.7. The van der Waals surface area contributed by atoms with Gasteiger partial charge < -0.3 is 11.1 Å². The number of para-hydroxylation sites is 2. The molecule has 1 heterocycles. The van der Waals surface area contributed by atoms with E-state index in [1.165, 1.54) is 22.9 Å². The van der Waals surface area contributed by atoms with Crippen LogP contribution in [0.4, 0.5) is 5.69 Å². The number of amides is 1. The lowest BCUT2D eigenvalue weighted by Gasteiger charge is -2.14. The fraction of sp³-hybridized carbons (Fsp3) is 0.211. The van der Waals surface area contributed by atoms with Crippen LogP contribution in [0.3, 0.4) is 0 Å². The van der Waals surface area contributed by atoms with Gasteiger partial charge in [-0.25, -0.2) is 0 Å². The maximum atomic E-state index is 11.1. The molecule has 0 saturated carbocycles. The van der Waals surface area contributed by atoms with Crippen LogP contribution in [0.2, 0.25) is 0 Å². The number of aryl methyl sites for hydroxylation is 2. The third-order valence-electron chi connectivity index (χ3n) is 3.96. The Morgan fingerprint density at radius 2 is 1.77 bits per heavy atom. The zero-order chi connectivity index (χ0) is 18.5. The number of benzene rings is 2. The van der Waals surface area contributed by atoms with Crippen LogP contribution in [-0.2, 0) is 11.3 Å². The minimum Gasteiger partial charge on any atom is -0.377 e. The third-order valence-corrected chi connectivity index (χ3v) is 4.91. The molecule has 0 radical (unpaired) electrons. The van der Waals surface area contributed by atoms with Crippen molar-refractivity contribution in [2.75, 3.05) is 11.1 Å². The minimum atomic E-state index is -0.382. The average Bonchev–Trinajstić information content (AvgIpc) is 3.03. The number of aromatic nitrogens is 3. The molecule has 0 spiro atoms. The second kappa shape index (κ2) is 8.05. The van der Waals surface area contributed by atoms with Crippen LogP contribution in [0.1, 0.15) is 17.0 Å². The summed E-state index contributed by atoms with van der Waals surface area (Å²) in [5.41, 5.74) is 9.68. The highest BCUT2D eigenvalue weighted by Gasteiger charge is 2.15. The first kappa shape index (κ1) is 18.0. The van der Waals surface area contributed by atoms with Crippen LogP contribution in [0.5, 0.6) is 0 Å². The fourth-order valence-corrected chi connectivity index (χ4v) is 3.45. The molecule has 0 fully saturated rings. The molecule has 26 heavy (non-hydrogen) atoms. The molecule has 0 bridgehead atoms. The molecule has 3 aromatic rings. The summed E-state index contributed by atoms with van der Waals surface area (Å²) in [6.45, 7) is 4.67. The number of nitrogens with one attached hydrogen (secondary N) is 1. The van der Waals surface area contributed by atoms with E-state index in [-0.39, 0.29) is 11.7 Å². The highest BCUT2D eigenvalue weighted by molar-refractivity contribution is 7.99. The van der Waals surface area contributed by atoms with Gasteiger partial charge in [0, 0.05) is 11.4 Å². The third kappa shape index (κ3) is 4.05. The van der Waals surface area contributed by atoms with Crippen molar-refractivity contribution in [2.24, 2.45) is 5.73 Å². The van der Waals surface area contributed by atoms with Crippen molar-refractivity contribution >= 4 is 23.4 Å². The fourth-order valence-electron chi connectivity index (χ4n) is 2.74. The zero-order valence-electron chi connectivity index (χ0n) is 14.8. The van der Waals surface area contributed by atoms with E-state index < -0.39 is 0 Å². The first-order chi connectivity index (χ1) is 12.6. The average molecular weight is 367 g/mol. The molecule has 6 nitrogen and oxygen atoms in total. The Balaban J connectivity index is 1.90. The molecule has 0 saturated heterocycles. The number of nitrogens with two attached hydrogens (primary N) is 1. The molecule has 0 unspecified atom stereocenters. The van der Waals surface area contributed by atoms with E-state index in [2.05, 4.69) is 41.5 Å². The maximum absolute atomic E-state index is 11.1. The highest BCUT2D eigenvalue weighted by Crippen LogP contribution is 2.24. The van der Waals surface area contributed by atoms with E-state index in [0.717, 1.165) is 17.2 Å². The lowest BCUT2D eigenvalue weighted by molar-refractivity contribution is -0.115. The molecular formula is C19H21N5OS. The summed E-state index contributed by atoms with van der Waals surface area (Å²) in [7, 11) is 0. The van der Waals surface area contributed by atoms with E-state index in [0.29, 0.717) is 11.7 Å². The van der Waals surface area contributed by atoms with Crippen molar-refractivity contribution in [3.8, 4) is 5.69 Å². The van der Waals surface area contributed by atoms with Crippen LogP contribution < -0.4 is 11.1 Å². The molecule has 0 aliphatic rings. The lowest BCUT2D eigenvalue weighted by Crippen LogP contribution is -2.14. The van der Waals surface area contributed by atoms with Crippen LogP contribution in [-0.4, -0.2) is 26.4 Å². The Hall–Kier alpha value is -2.80. The van der Waals surface area contributed by atoms with Crippen LogP contribution in [0, 0.1) is 13.8 Å². The molecule has 7 heteroatoms. The van der Waals surface area contributed by atoms with Crippen LogP contribution in [0.15, 0.2) is 53.7 Å². The lowest BCUT2D eigenvalue weighted by atomic mass is 10.1. The molecule has 2 aromatic carbocycles. The first-order valence-corrected chi connectivity index (χ1v) is 9.25. The van der Waals surface area contributed by atoms with Gasteiger partial charge in [-0.15, -0.1) is 10.2 Å². The molecule has 134 valence electrons. The van der Waals surface area contributed by atoms with E-state index in [1.807, 2.05) is 41.0 Å². The van der Waals surface area contributed by atoms with Gasteiger partial charge in [0.25, 0.3) is 0 Å². The quantitative estimate of drug-likeness (QED) is 0.627. The Kier molecular flexibility index (Phi) is 5.58. The number of thioether (sulfide) groups is 1. The van der Waals surface area contributed by atoms with E-state index >= 15 is 0 Å². The molecule has 1 amide bonds. The summed E-state index contributed by atoms with van der Waals surface area (Å²) in [5.74, 6) is 0.550. The summed E-state index contributed by atoms with van der Waals surface area (Å²) >= 11 is 1.29. The van der Waals surface area contributed by atoms with Gasteiger partial charge in [-0.3, -0.25) is 9.36 Å². The smallest absolute Gasteiger partial charge is 0.227 e. The van der Waals surface area contributed by atoms with Gasteiger partial charge in [-0.2, -0.15) is 0 Å². The number of nitrogens with zero attached hydrogens (tertiary/aromatic N) is 3. The topological polar surface area (TPSA) is 85.8 Å². The monoisotopic (exact) mass is 367 g/mol. The Morgan fingerprint density at radius 1 is 1.08 bits per heavy atom. The number of hydrogen-bond acceptors (Lipinski definition) is 5. The molecular weight excluding hydrogens is 346 g/mol. The van der Waals surface area contributed by atoms with E-state index in [1.54, 1.807) is 0 Å². The minimum absolute atomic E-state index is 0.162. The van der Waals surface area contributed by atoms with Gasteiger partial charge in [-0.05, 0) is 37.1 Å². The number of hydrogen-bond donors (Lipinski definition) is 2. The summed E-state index contributed by atoms with van der Waals surface area (Å²) in [4.78, 5) is 11.1. The summed E-state index contributed by atoms with van der Waals surface area (Å²) in [5, 5.41) is 12.7. The SMILES string of the molecule is Cc1cccc(C)c1NCc1nnc(SCC(N)=O)n1-c1ccccc1. The highest BCUT2D eigenvalue weighted by atomic mass is 32.2. The largest absolute Gasteiger partial charge is 0.377 e. The van der Waals surface area contributed by atoms with Gasteiger partial charge in [0.2, 0.25) is 5.91 Å². The number of rotatable bonds is 7. The Bertz CT molecular complexity index is 887. The summed E-state index contributed by atoms with van der Waals surface area (Å²) in [6.07, 6.45) is 0. The van der Waals surface area contributed by atoms with Crippen molar-refractivity contribution in [2.45, 2.75) is 25.5 Å². The first-order valence-electron chi connectivity index (χ1n) is 8.27. The number of anilines is 1. The predicted octanol–water partition coefficient (Wildman–Crippen LogP) is 3.07. The summed E-state index contributed by atoms with van der Waals surface area (Å²) in [6, 6.07) is 16.0. The molecule has 3 rings (SSSR count). The zero-order valence-corrected chi connectivity index (χ0v) is 15.6. The van der Waals surface area contributed by atoms with Crippen molar-refractivity contribution in [3.05, 3.63) is 65.5 Å². The van der Waals surface area contributed by atoms with Crippen LogP contribution in [0.25, 0.3) is 5.69 Å². The van der Waals surface area contributed by atoms with Crippen molar-refractivity contribution in [1.82, 2.24) is 14.8 Å². The van der Waals surface area contributed by atoms with Crippen molar-refractivity contribution in [1.29, 1.82) is 0 Å². The van der Waals surface area contributed by atoms with E-state index in [9.17, 15) is 4.79 Å². The number of carbonyl (C=O) groups is 1. The second-order valence-electron chi connectivity index (χ2n) is 5.95. The number of primary amides is 1. The Labute approximate surface area is 156 Å². The van der Waals surface area contributed by atoms with Crippen molar-refractivity contribution < 1.29 is 4.79 Å². The molecule has 0 aliphatic carbocycles. The molecule has 3 N–H and O–H groups in total. The second-order valence-corrected chi connectivity index (χ2v) is 6.89. The van der Waals surface area contributed by atoms with E-state index in [4.69, 9.17) is 5.73 Å². The number of carbonyl (C=O) groups excluding carboxylic acids is 1.